The molecular formula is C65H81N3O10S. The van der Waals surface area contributed by atoms with Gasteiger partial charge in [-0.3, -0.25) is 15.0 Å². The van der Waals surface area contributed by atoms with Gasteiger partial charge in [-0.1, -0.05) is 137 Å². The minimum Gasteiger partial charge on any atom is -0.459 e. The number of hydrogen-bond acceptors (Lipinski definition) is 12. The summed E-state index contributed by atoms with van der Waals surface area (Å²) in [5.74, 6) is -0.461. The van der Waals surface area contributed by atoms with Gasteiger partial charge in [-0.05, 0) is 132 Å². The molecule has 1 amide bonds. The number of allylic oxidation sites excluding steroid dienone is 1. The number of nitro benzene ring substituents is 1. The molecule has 0 radical (unpaired) electrons. The van der Waals surface area contributed by atoms with Gasteiger partial charge in [0.15, 0.2) is 0 Å². The van der Waals surface area contributed by atoms with Crippen molar-refractivity contribution >= 4 is 40.0 Å². The molecule has 1 aliphatic heterocycles. The van der Waals surface area contributed by atoms with Gasteiger partial charge in [-0.2, -0.15) is 0 Å². The molecule has 422 valence electrons. The van der Waals surface area contributed by atoms with Gasteiger partial charge < -0.3 is 34.0 Å². The number of nitrogens with zero attached hydrogens (tertiary/aromatic N) is 3. The number of non-ortho nitro benzene ring substituents is 1. The van der Waals surface area contributed by atoms with Gasteiger partial charge in [0.2, 0.25) is 5.79 Å². The third-order valence-corrected chi connectivity index (χ3v) is 16.8. The third kappa shape index (κ3) is 15.0. The lowest BCUT2D eigenvalue weighted by molar-refractivity contribution is -0.384. The van der Waals surface area contributed by atoms with Crippen molar-refractivity contribution in [2.24, 2.45) is 22.9 Å². The van der Waals surface area contributed by atoms with E-state index in [1.807, 2.05) is 60.9 Å². The molecule has 6 atom stereocenters. The quantitative estimate of drug-likeness (QED) is 0.0139. The van der Waals surface area contributed by atoms with Crippen molar-refractivity contribution in [2.75, 3.05) is 32.7 Å². The van der Waals surface area contributed by atoms with Crippen LogP contribution in [0.4, 0.5) is 10.5 Å². The normalized spacial score (nSPS) is 20.6. The minimum atomic E-state index is -1.53. The lowest BCUT2D eigenvalue weighted by Crippen LogP contribution is -2.70. The topological polar surface area (TPSA) is 162 Å². The number of carbonyl (C=O) groups excluding carboxylic acids is 1. The maximum atomic E-state index is 15.5. The number of rotatable bonds is 32. The second-order valence-electron chi connectivity index (χ2n) is 21.3. The number of aliphatic hydroxyl groups is 2. The fourth-order valence-corrected chi connectivity index (χ4v) is 12.5. The Hall–Kier alpha value is -6.19. The highest BCUT2D eigenvalue weighted by atomic mass is 32.2. The van der Waals surface area contributed by atoms with E-state index in [0.29, 0.717) is 41.4 Å². The number of oxime groups is 1. The predicted octanol–water partition coefficient (Wildman–Crippen LogP) is 15.7. The van der Waals surface area contributed by atoms with Crippen molar-refractivity contribution in [3.05, 3.63) is 160 Å². The first-order chi connectivity index (χ1) is 38.7. The molecule has 5 aromatic carbocycles. The number of thioether (sulfide) groups is 1. The van der Waals surface area contributed by atoms with Gasteiger partial charge in [-0.15, -0.1) is 18.3 Å². The summed E-state index contributed by atoms with van der Waals surface area (Å²) in [6, 6.07) is 33.7. The van der Waals surface area contributed by atoms with Gasteiger partial charge >= 0.3 is 6.09 Å². The van der Waals surface area contributed by atoms with E-state index in [0.717, 1.165) is 83.7 Å². The third-order valence-electron chi connectivity index (χ3n) is 16.0. The second-order valence-corrected chi connectivity index (χ2v) is 22.2. The maximum absolute atomic E-state index is 15.5. The Morgan fingerprint density at radius 2 is 1.54 bits per heavy atom. The molecular weight excluding hydrogens is 1010 g/mol. The zero-order chi connectivity index (χ0) is 55.4. The average Bonchev–Trinajstić information content (AvgIpc) is 3.28. The molecule has 0 bridgehead atoms. The van der Waals surface area contributed by atoms with Crippen molar-refractivity contribution in [3.63, 3.8) is 0 Å². The van der Waals surface area contributed by atoms with E-state index in [1.165, 1.54) is 50.7 Å². The Morgan fingerprint density at radius 1 is 0.848 bits per heavy atom. The van der Waals surface area contributed by atoms with Crippen LogP contribution in [0.15, 0.2) is 144 Å². The molecule has 1 heterocycles. The predicted molar refractivity (Wildman–Crippen MR) is 314 cm³/mol. The van der Waals surface area contributed by atoms with E-state index in [4.69, 9.17) is 28.9 Å². The Bertz CT molecular complexity index is 2820. The van der Waals surface area contributed by atoms with Crippen LogP contribution in [0.25, 0.3) is 10.8 Å². The lowest BCUT2D eigenvalue weighted by atomic mass is 9.55. The van der Waals surface area contributed by atoms with Gasteiger partial charge in [0.1, 0.15) is 29.9 Å². The Kier molecular flexibility index (Phi) is 22.3. The van der Waals surface area contributed by atoms with Gasteiger partial charge in [0, 0.05) is 48.1 Å². The van der Waals surface area contributed by atoms with Crippen molar-refractivity contribution in [2.45, 2.75) is 152 Å². The molecule has 0 unspecified atom stereocenters. The highest BCUT2D eigenvalue weighted by Crippen LogP contribution is 2.62. The molecule has 1 fully saturated rings. The van der Waals surface area contributed by atoms with Gasteiger partial charge in [0.05, 0.1) is 36.3 Å². The van der Waals surface area contributed by atoms with E-state index in [-0.39, 0.29) is 69.4 Å². The summed E-state index contributed by atoms with van der Waals surface area (Å²) < 4.78 is 28.0. The number of carbonyl (C=O) groups is 1. The number of hydrogen-bond donors (Lipinski definition) is 2. The number of unbranched alkanes of at least 4 members (excludes halogenated alkanes) is 11. The van der Waals surface area contributed by atoms with Crippen molar-refractivity contribution in [1.82, 2.24) is 4.90 Å². The Labute approximate surface area is 471 Å². The molecule has 13 nitrogen and oxygen atoms in total. The number of ether oxygens (including phenoxy) is 4. The summed E-state index contributed by atoms with van der Waals surface area (Å²) in [4.78, 5) is 35.9. The van der Waals surface area contributed by atoms with Crippen molar-refractivity contribution in [3.8, 4) is 17.2 Å². The van der Waals surface area contributed by atoms with Crippen LogP contribution in [0.3, 0.4) is 0 Å². The Balaban J connectivity index is 1.26. The van der Waals surface area contributed by atoms with Crippen LogP contribution in [-0.2, 0) is 27.5 Å². The Morgan fingerprint density at radius 3 is 2.25 bits per heavy atom. The van der Waals surface area contributed by atoms with E-state index >= 15 is 4.79 Å². The summed E-state index contributed by atoms with van der Waals surface area (Å²) in [5, 5.41) is 38.9. The number of fused-ring (bicyclic) bond motifs is 3. The van der Waals surface area contributed by atoms with Crippen molar-refractivity contribution in [1.29, 1.82) is 0 Å². The van der Waals surface area contributed by atoms with Crippen molar-refractivity contribution < 1.29 is 43.7 Å². The summed E-state index contributed by atoms with van der Waals surface area (Å²) >= 11 is 1.66. The molecule has 0 aromatic heterocycles. The van der Waals surface area contributed by atoms with Crippen LogP contribution >= 0.6 is 11.8 Å². The minimum absolute atomic E-state index is 0.00226. The smallest absolute Gasteiger partial charge is 0.410 e. The second kappa shape index (κ2) is 29.9. The molecule has 5 aromatic rings. The standard InChI is InChI=1S/C65H81N3O10S/c1-4-6-7-8-9-10-11-12-13-20-41-74-64(71)67(45-50-25-21-24-48-22-14-15-26-55(48)50)61-44-59(66-76-46-47-28-30-51(31-29-47)68(72)73)57-42-49(23-16-18-38-69)56(27-17-19-39-70)62-58-43-53(77-52-32-35-54(79-3)36-33-52)34-37-60(58)78-65(61,63(57)62)75-40-5-2/h5,14-15,21-22,24-26,28-37,42-43,49,56,61-63,69-70H,2,4,6-13,16-20,23,27,38-41,44-46H2,1,3H3/t49-,56+,61-,62+,63+,65+/m0/s1. The first-order valence-electron chi connectivity index (χ1n) is 28.9. The van der Waals surface area contributed by atoms with E-state index in [1.54, 1.807) is 34.9 Å². The molecule has 3 aliphatic rings. The molecule has 0 saturated heterocycles. The molecule has 8 rings (SSSR count). The maximum Gasteiger partial charge on any atom is 0.410 e. The number of nitro groups is 1. The molecule has 14 heteroatoms. The fraction of sp³-hybridized carbons (Fsp3) is 0.477. The van der Waals surface area contributed by atoms with E-state index < -0.39 is 28.8 Å². The highest BCUT2D eigenvalue weighted by molar-refractivity contribution is 7.98. The summed E-state index contributed by atoms with van der Waals surface area (Å²) in [5.41, 5.74) is 4.05. The number of aliphatic hydroxyl groups excluding tert-OH is 2. The molecule has 79 heavy (non-hydrogen) atoms. The number of benzene rings is 5. The zero-order valence-electron chi connectivity index (χ0n) is 46.3. The van der Waals surface area contributed by atoms with Crippen LogP contribution in [0, 0.1) is 27.9 Å². The van der Waals surface area contributed by atoms with E-state index in [9.17, 15) is 20.3 Å². The highest BCUT2D eigenvalue weighted by Gasteiger charge is 2.66. The van der Waals surface area contributed by atoms with Crippen LogP contribution in [0.2, 0.25) is 0 Å². The first-order valence-corrected chi connectivity index (χ1v) is 30.1. The van der Waals surface area contributed by atoms with Gasteiger partial charge in [0.25, 0.3) is 5.69 Å². The summed E-state index contributed by atoms with van der Waals surface area (Å²) in [6.07, 6.45) is 21.6. The molecule has 2 N–H and O–H groups in total. The summed E-state index contributed by atoms with van der Waals surface area (Å²) in [7, 11) is 0. The monoisotopic (exact) mass is 1100 g/mol. The fourth-order valence-electron chi connectivity index (χ4n) is 12.1. The van der Waals surface area contributed by atoms with E-state index in [2.05, 4.69) is 49.9 Å². The SMILES string of the molecule is C=CCO[C@@]12Oc3ccc(Oc4ccc(SC)cc4)cc3[C@H]3[C@H](CCCCO)[C@@H](CCCCO)C=C(C(=NOCc4ccc([N+](=O)[O-])cc4)C[C@@H]1N(Cc1cccc4ccccc14)C(=O)OCCCCCCCCCCCC)[C@H]32. The molecule has 2 aliphatic carbocycles. The average molecular weight is 1100 g/mol. The largest absolute Gasteiger partial charge is 0.459 e. The van der Waals surface area contributed by atoms with Crippen LogP contribution < -0.4 is 9.47 Å². The van der Waals surface area contributed by atoms with Crippen LogP contribution in [0.5, 0.6) is 17.2 Å². The molecule has 1 saturated carbocycles. The van der Waals surface area contributed by atoms with Crippen LogP contribution in [-0.4, -0.2) is 76.4 Å². The first kappa shape index (κ1) is 58.9. The number of amides is 1. The van der Waals surface area contributed by atoms with Crippen LogP contribution in [0.1, 0.15) is 139 Å². The lowest BCUT2D eigenvalue weighted by Gasteiger charge is -2.59. The van der Waals surface area contributed by atoms with Gasteiger partial charge in [-0.25, -0.2) is 4.79 Å². The zero-order valence-corrected chi connectivity index (χ0v) is 47.1. The molecule has 0 spiro atoms. The summed E-state index contributed by atoms with van der Waals surface area (Å²) in [6.45, 7) is 7.06.